The monoisotopic (exact) mass is 421 g/mol. The van der Waals surface area contributed by atoms with E-state index in [4.69, 9.17) is 4.74 Å². The van der Waals surface area contributed by atoms with Gasteiger partial charge in [-0.05, 0) is 60.9 Å². The maximum atomic E-state index is 13.6. The molecule has 0 aliphatic rings. The summed E-state index contributed by atoms with van der Waals surface area (Å²) in [6.45, 7) is 4.01. The molecule has 158 valence electrons. The van der Waals surface area contributed by atoms with Gasteiger partial charge in [0.05, 0.1) is 0 Å². The van der Waals surface area contributed by atoms with Crippen LogP contribution < -0.4 is 10.1 Å². The number of hydrogen-bond donors (Lipinski definition) is 1. The number of halogens is 5. The Hall–Kier alpha value is -3.09. The summed E-state index contributed by atoms with van der Waals surface area (Å²) < 4.78 is 70.8. The fourth-order valence-corrected chi connectivity index (χ4v) is 3.04. The molecule has 3 aromatic rings. The first kappa shape index (κ1) is 21.6. The van der Waals surface area contributed by atoms with E-state index in [1.165, 1.54) is 12.1 Å². The summed E-state index contributed by atoms with van der Waals surface area (Å²) >= 11 is 0. The Labute approximate surface area is 171 Å². The van der Waals surface area contributed by atoms with Gasteiger partial charge in [-0.3, -0.25) is 0 Å². The molecule has 0 saturated heterocycles. The highest BCUT2D eigenvalue weighted by molar-refractivity contribution is 5.50. The molecule has 1 N–H and O–H groups in total. The first-order valence-corrected chi connectivity index (χ1v) is 9.19. The highest BCUT2D eigenvalue weighted by Gasteiger charge is 2.58. The quantitative estimate of drug-likeness (QED) is 0.420. The van der Waals surface area contributed by atoms with Crippen molar-refractivity contribution in [3.63, 3.8) is 0 Å². The van der Waals surface area contributed by atoms with E-state index in [0.29, 0.717) is 22.7 Å². The molecule has 0 saturated carbocycles. The molecular weight excluding hydrogens is 401 g/mol. The summed E-state index contributed by atoms with van der Waals surface area (Å²) in [5, 5.41) is 3.02. The van der Waals surface area contributed by atoms with E-state index >= 15 is 0 Å². The predicted molar refractivity (Wildman–Crippen MR) is 106 cm³/mol. The van der Waals surface area contributed by atoms with Gasteiger partial charge in [-0.25, -0.2) is 0 Å². The van der Waals surface area contributed by atoms with E-state index in [1.54, 1.807) is 24.3 Å². The molecule has 0 radical (unpaired) electrons. The summed E-state index contributed by atoms with van der Waals surface area (Å²) in [5.41, 5.74) is 1.99. The molecule has 30 heavy (non-hydrogen) atoms. The Balaban J connectivity index is 1.71. The van der Waals surface area contributed by atoms with Crippen molar-refractivity contribution in [1.29, 1.82) is 0 Å². The summed E-state index contributed by atoms with van der Waals surface area (Å²) in [7, 11) is 0. The number of anilines is 1. The standard InChI is InChI=1S/C23H20F5NO/c1-15-9-16(2)11-21(10-15)30-20-8-4-7-19(13-20)29-14-17-5-3-6-18(12-17)22(24,25)23(26,27)28/h3-13,29H,14H2,1-2H3. The highest BCUT2D eigenvalue weighted by Crippen LogP contribution is 2.43. The van der Waals surface area contributed by atoms with Gasteiger partial charge >= 0.3 is 12.1 Å². The molecule has 7 heteroatoms. The van der Waals surface area contributed by atoms with Crippen LogP contribution in [0.4, 0.5) is 27.6 Å². The summed E-state index contributed by atoms with van der Waals surface area (Å²) in [6.07, 6.45) is -5.64. The lowest BCUT2D eigenvalue weighted by Crippen LogP contribution is -2.33. The van der Waals surface area contributed by atoms with Gasteiger partial charge in [0, 0.05) is 23.9 Å². The normalized spacial score (nSPS) is 12.0. The molecule has 3 aromatic carbocycles. The molecule has 0 atom stereocenters. The van der Waals surface area contributed by atoms with Crippen molar-refractivity contribution in [1.82, 2.24) is 0 Å². The molecule has 0 fully saturated rings. The average Bonchev–Trinajstić information content (AvgIpc) is 2.65. The van der Waals surface area contributed by atoms with Gasteiger partial charge in [-0.1, -0.05) is 30.3 Å². The van der Waals surface area contributed by atoms with E-state index in [0.717, 1.165) is 23.3 Å². The van der Waals surface area contributed by atoms with Crippen molar-refractivity contribution < 1.29 is 26.7 Å². The third-order valence-electron chi connectivity index (χ3n) is 4.41. The van der Waals surface area contributed by atoms with Gasteiger partial charge < -0.3 is 10.1 Å². The van der Waals surface area contributed by atoms with Crippen LogP contribution in [0, 0.1) is 13.8 Å². The van der Waals surface area contributed by atoms with Crippen LogP contribution in [0.1, 0.15) is 22.3 Å². The maximum Gasteiger partial charge on any atom is 0.458 e. The van der Waals surface area contributed by atoms with Crippen LogP contribution in [-0.2, 0) is 12.5 Å². The van der Waals surface area contributed by atoms with Gasteiger partial charge in [0.25, 0.3) is 0 Å². The largest absolute Gasteiger partial charge is 0.458 e. The van der Waals surface area contributed by atoms with Crippen molar-refractivity contribution in [3.8, 4) is 11.5 Å². The van der Waals surface area contributed by atoms with Crippen LogP contribution in [0.15, 0.2) is 66.7 Å². The van der Waals surface area contributed by atoms with Crippen molar-refractivity contribution in [2.24, 2.45) is 0 Å². The Morgan fingerprint density at radius 2 is 1.43 bits per heavy atom. The second kappa shape index (κ2) is 8.34. The molecule has 0 aliphatic carbocycles. The molecule has 0 heterocycles. The first-order valence-electron chi connectivity index (χ1n) is 9.19. The van der Waals surface area contributed by atoms with E-state index in [9.17, 15) is 22.0 Å². The number of benzene rings is 3. The van der Waals surface area contributed by atoms with Crippen LogP contribution in [0.2, 0.25) is 0 Å². The third kappa shape index (κ3) is 5.09. The zero-order valence-corrected chi connectivity index (χ0v) is 16.4. The Kier molecular flexibility index (Phi) is 6.01. The lowest BCUT2D eigenvalue weighted by atomic mass is 10.0. The van der Waals surface area contributed by atoms with E-state index < -0.39 is 17.7 Å². The number of hydrogen-bond acceptors (Lipinski definition) is 2. The zero-order valence-electron chi connectivity index (χ0n) is 16.4. The van der Waals surface area contributed by atoms with Gasteiger partial charge in [-0.2, -0.15) is 22.0 Å². The third-order valence-corrected chi connectivity index (χ3v) is 4.41. The smallest absolute Gasteiger partial charge is 0.457 e. The van der Waals surface area contributed by atoms with Gasteiger partial charge in [0.1, 0.15) is 11.5 Å². The topological polar surface area (TPSA) is 21.3 Å². The maximum absolute atomic E-state index is 13.6. The van der Waals surface area contributed by atoms with Crippen LogP contribution in [0.5, 0.6) is 11.5 Å². The first-order chi connectivity index (χ1) is 14.0. The zero-order chi connectivity index (χ0) is 21.9. The Morgan fingerprint density at radius 3 is 2.10 bits per heavy atom. The molecule has 3 rings (SSSR count). The molecule has 0 bridgehead atoms. The van der Waals surface area contributed by atoms with E-state index in [1.807, 2.05) is 32.0 Å². The van der Waals surface area contributed by atoms with Crippen molar-refractivity contribution in [2.75, 3.05) is 5.32 Å². The molecule has 0 amide bonds. The number of nitrogens with one attached hydrogen (secondary N) is 1. The second-order valence-corrected chi connectivity index (χ2v) is 7.08. The van der Waals surface area contributed by atoms with Crippen LogP contribution in [-0.4, -0.2) is 6.18 Å². The minimum atomic E-state index is -5.64. The molecule has 0 unspecified atom stereocenters. The summed E-state index contributed by atoms with van der Waals surface area (Å²) in [5.74, 6) is -3.64. The molecule has 0 spiro atoms. The SMILES string of the molecule is Cc1cc(C)cc(Oc2cccc(NCc3cccc(C(F)(F)C(F)(F)F)c3)c2)c1. The fraction of sp³-hybridized carbons (Fsp3) is 0.217. The highest BCUT2D eigenvalue weighted by atomic mass is 19.4. The lowest BCUT2D eigenvalue weighted by molar-refractivity contribution is -0.289. The van der Waals surface area contributed by atoms with Gasteiger partial charge in [0.15, 0.2) is 0 Å². The fourth-order valence-electron chi connectivity index (χ4n) is 3.04. The average molecular weight is 421 g/mol. The predicted octanol–water partition coefficient (Wildman–Crippen LogP) is 7.36. The summed E-state index contributed by atoms with van der Waals surface area (Å²) in [4.78, 5) is 0. The number of aryl methyl sites for hydroxylation is 2. The van der Waals surface area contributed by atoms with Gasteiger partial charge in [0.2, 0.25) is 0 Å². The van der Waals surface area contributed by atoms with Crippen molar-refractivity contribution >= 4 is 5.69 Å². The number of rotatable bonds is 6. The molecule has 2 nitrogen and oxygen atoms in total. The number of ether oxygens (including phenoxy) is 1. The van der Waals surface area contributed by atoms with E-state index in [-0.39, 0.29) is 6.54 Å². The van der Waals surface area contributed by atoms with Crippen molar-refractivity contribution in [3.05, 3.63) is 89.0 Å². The van der Waals surface area contributed by atoms with Crippen LogP contribution in [0.3, 0.4) is 0 Å². The molecule has 0 aromatic heterocycles. The number of alkyl halides is 5. The summed E-state index contributed by atoms with van der Waals surface area (Å²) in [6, 6.07) is 17.1. The minimum absolute atomic E-state index is 0.0782. The van der Waals surface area contributed by atoms with Crippen LogP contribution >= 0.6 is 0 Å². The lowest BCUT2D eigenvalue weighted by Gasteiger charge is -2.20. The Bertz CT molecular complexity index is 1010. The van der Waals surface area contributed by atoms with E-state index in [2.05, 4.69) is 5.32 Å². The molecular formula is C23H20F5NO. The van der Waals surface area contributed by atoms with Gasteiger partial charge in [-0.15, -0.1) is 0 Å². The van der Waals surface area contributed by atoms with Crippen molar-refractivity contribution in [2.45, 2.75) is 32.5 Å². The Morgan fingerprint density at radius 1 is 0.767 bits per heavy atom. The van der Waals surface area contributed by atoms with Crippen LogP contribution in [0.25, 0.3) is 0 Å². The second-order valence-electron chi connectivity index (χ2n) is 7.08. The molecule has 0 aliphatic heterocycles. The minimum Gasteiger partial charge on any atom is -0.457 e.